The van der Waals surface area contributed by atoms with Crippen LogP contribution in [-0.2, 0) is 22.6 Å². The minimum atomic E-state index is -4.49. The molecule has 2 amide bonds. The number of anilines is 5. The van der Waals surface area contributed by atoms with Crippen LogP contribution >= 0.6 is 0 Å². The number of para-hydroxylation sites is 1. The molecule has 6 N–H and O–H groups in total. The maximum Gasteiger partial charge on any atom is 0.416 e. The second kappa shape index (κ2) is 11.0. The van der Waals surface area contributed by atoms with Crippen molar-refractivity contribution in [2.75, 3.05) is 32.5 Å². The molecule has 0 aliphatic carbocycles. The highest BCUT2D eigenvalue weighted by Crippen LogP contribution is 2.34. The van der Waals surface area contributed by atoms with Crippen molar-refractivity contribution in [2.45, 2.75) is 23.5 Å². The predicted octanol–water partition coefficient (Wildman–Crippen LogP) is 4.83. The SMILES string of the molecule is Nc1nc(NC2Cc3ccccc3N(S(=O)(=O)c3ccc(NC(=O)Nc4ccc(C(F)(F)F)cc4)cc3)C2)c2cn[nH]c2n1. The molecule has 0 saturated carbocycles. The lowest BCUT2D eigenvalue weighted by atomic mass is 9.99. The van der Waals surface area contributed by atoms with Gasteiger partial charge in [-0.05, 0) is 66.6 Å². The molecule has 1 aliphatic rings. The van der Waals surface area contributed by atoms with Crippen molar-refractivity contribution in [2.24, 2.45) is 0 Å². The number of nitrogen functional groups attached to an aromatic ring is 1. The fourth-order valence-electron chi connectivity index (χ4n) is 4.91. The number of urea groups is 1. The summed E-state index contributed by atoms with van der Waals surface area (Å²) >= 11 is 0. The molecule has 3 aromatic carbocycles. The molecule has 2 aromatic heterocycles. The number of benzene rings is 3. The molecule has 6 rings (SSSR count). The van der Waals surface area contributed by atoms with Crippen LogP contribution in [0.4, 0.5) is 46.8 Å². The fraction of sp³-hybridized carbons (Fsp3) is 0.143. The molecule has 12 nitrogen and oxygen atoms in total. The van der Waals surface area contributed by atoms with Crippen LogP contribution in [0.1, 0.15) is 11.1 Å². The highest BCUT2D eigenvalue weighted by Gasteiger charge is 2.34. The Balaban J connectivity index is 1.19. The zero-order valence-electron chi connectivity index (χ0n) is 22.6. The van der Waals surface area contributed by atoms with Crippen molar-refractivity contribution >= 4 is 55.9 Å². The van der Waals surface area contributed by atoms with Crippen molar-refractivity contribution in [1.29, 1.82) is 0 Å². The average molecular weight is 624 g/mol. The van der Waals surface area contributed by atoms with E-state index in [0.29, 0.717) is 29.0 Å². The van der Waals surface area contributed by atoms with Crippen LogP contribution in [0.15, 0.2) is 83.9 Å². The number of hydrogen-bond donors (Lipinski definition) is 5. The van der Waals surface area contributed by atoms with Gasteiger partial charge in [0, 0.05) is 11.4 Å². The molecule has 1 unspecified atom stereocenters. The summed E-state index contributed by atoms with van der Waals surface area (Å²) < 4.78 is 67.5. The Bertz CT molecular complexity index is 1950. The van der Waals surface area contributed by atoms with E-state index >= 15 is 0 Å². The number of rotatable bonds is 6. The summed E-state index contributed by atoms with van der Waals surface area (Å²) in [5, 5.41) is 15.6. The number of aromatic amines is 1. The van der Waals surface area contributed by atoms with Gasteiger partial charge < -0.3 is 21.7 Å². The first-order valence-corrected chi connectivity index (χ1v) is 14.6. The maximum atomic E-state index is 13.9. The summed E-state index contributed by atoms with van der Waals surface area (Å²) in [5.41, 5.74) is 7.24. The molecule has 0 bridgehead atoms. The molecule has 0 spiro atoms. The van der Waals surface area contributed by atoms with Crippen molar-refractivity contribution in [3.8, 4) is 0 Å². The van der Waals surface area contributed by atoms with Crippen LogP contribution < -0.4 is 26.0 Å². The summed E-state index contributed by atoms with van der Waals surface area (Å²) in [6, 6.07) is 15.7. The largest absolute Gasteiger partial charge is 0.416 e. The zero-order valence-corrected chi connectivity index (χ0v) is 23.4. The number of nitrogens with one attached hydrogen (secondary N) is 4. The molecule has 226 valence electrons. The highest BCUT2D eigenvalue weighted by atomic mass is 32.2. The summed E-state index contributed by atoms with van der Waals surface area (Å²) in [6.07, 6.45) is -2.42. The van der Waals surface area contributed by atoms with Gasteiger partial charge in [-0.3, -0.25) is 9.40 Å². The van der Waals surface area contributed by atoms with E-state index < -0.39 is 27.8 Å². The number of carbonyl (C=O) groups is 1. The maximum absolute atomic E-state index is 13.9. The smallest absolute Gasteiger partial charge is 0.368 e. The van der Waals surface area contributed by atoms with Gasteiger partial charge in [-0.15, -0.1) is 0 Å². The number of nitrogens with two attached hydrogens (primary N) is 1. The van der Waals surface area contributed by atoms with Gasteiger partial charge in [-0.2, -0.15) is 28.2 Å². The number of nitrogens with zero attached hydrogens (tertiary/aromatic N) is 4. The Hall–Kier alpha value is -5.38. The van der Waals surface area contributed by atoms with Crippen LogP contribution in [0.2, 0.25) is 0 Å². The molecule has 0 saturated heterocycles. The molecule has 3 heterocycles. The van der Waals surface area contributed by atoms with E-state index in [1.807, 2.05) is 12.1 Å². The quantitative estimate of drug-likeness (QED) is 0.179. The Kier molecular flexibility index (Phi) is 7.20. The van der Waals surface area contributed by atoms with Crippen LogP contribution in [0, 0.1) is 0 Å². The van der Waals surface area contributed by atoms with Crippen LogP contribution in [0.5, 0.6) is 0 Å². The van der Waals surface area contributed by atoms with E-state index in [1.54, 1.807) is 18.3 Å². The Morgan fingerprint density at radius 1 is 0.955 bits per heavy atom. The van der Waals surface area contributed by atoms with E-state index in [9.17, 15) is 26.4 Å². The Morgan fingerprint density at radius 2 is 1.61 bits per heavy atom. The van der Waals surface area contributed by atoms with E-state index in [0.717, 1.165) is 29.8 Å². The standard InChI is InChI=1S/C28H24F3N9O3S/c29-28(30,31)17-5-7-18(8-6-17)35-27(41)36-19-9-11-21(12-10-19)44(42,43)40-15-20(13-16-3-1-2-4-23(16)40)34-24-22-14-33-39-25(22)38-26(32)37-24/h1-12,14,20H,13,15H2,(H2,35,36,41)(H4,32,33,34,37,38,39). The topological polar surface area (TPSA) is 171 Å². The molecular weight excluding hydrogens is 599 g/mol. The van der Waals surface area contributed by atoms with Gasteiger partial charge in [-0.1, -0.05) is 18.2 Å². The first-order valence-electron chi connectivity index (χ1n) is 13.2. The lowest BCUT2D eigenvalue weighted by Gasteiger charge is -2.35. The number of sulfonamides is 1. The Labute approximate surface area is 248 Å². The summed E-state index contributed by atoms with van der Waals surface area (Å²) in [5.74, 6) is 0.458. The number of hydrogen-bond acceptors (Lipinski definition) is 8. The van der Waals surface area contributed by atoms with Gasteiger partial charge in [0.05, 0.1) is 40.3 Å². The summed E-state index contributed by atoms with van der Waals surface area (Å²) in [7, 11) is -4.05. The third-order valence-corrected chi connectivity index (χ3v) is 8.74. The first kappa shape index (κ1) is 28.7. The van der Waals surface area contributed by atoms with E-state index in [1.165, 1.54) is 28.6 Å². The van der Waals surface area contributed by atoms with E-state index in [2.05, 4.69) is 36.1 Å². The van der Waals surface area contributed by atoms with Crippen molar-refractivity contribution in [3.63, 3.8) is 0 Å². The second-order valence-corrected chi connectivity index (χ2v) is 11.8. The van der Waals surface area contributed by atoms with Crippen LogP contribution in [-0.4, -0.2) is 47.2 Å². The van der Waals surface area contributed by atoms with Gasteiger partial charge in [-0.25, -0.2) is 13.2 Å². The number of halogens is 3. The summed E-state index contributed by atoms with van der Waals surface area (Å²) in [6.45, 7) is 0.0815. The number of fused-ring (bicyclic) bond motifs is 2. The average Bonchev–Trinajstić information content (AvgIpc) is 3.45. The molecule has 16 heteroatoms. The predicted molar refractivity (Wildman–Crippen MR) is 159 cm³/mol. The number of alkyl halides is 3. The van der Waals surface area contributed by atoms with Gasteiger partial charge in [0.1, 0.15) is 5.82 Å². The molecular formula is C28H24F3N9O3S. The molecule has 5 aromatic rings. The van der Waals surface area contributed by atoms with E-state index in [-0.39, 0.29) is 34.8 Å². The third kappa shape index (κ3) is 5.78. The van der Waals surface area contributed by atoms with Crippen LogP contribution in [0.3, 0.4) is 0 Å². The van der Waals surface area contributed by atoms with Crippen molar-refractivity contribution < 1.29 is 26.4 Å². The molecule has 1 aliphatic heterocycles. The fourth-order valence-corrected chi connectivity index (χ4v) is 6.46. The molecule has 44 heavy (non-hydrogen) atoms. The van der Waals surface area contributed by atoms with Crippen molar-refractivity contribution in [1.82, 2.24) is 20.2 Å². The monoisotopic (exact) mass is 623 g/mol. The van der Waals surface area contributed by atoms with Gasteiger partial charge in [0.2, 0.25) is 5.95 Å². The number of carbonyl (C=O) groups excluding carboxylic acids is 1. The van der Waals surface area contributed by atoms with E-state index in [4.69, 9.17) is 5.73 Å². The molecule has 0 radical (unpaired) electrons. The number of amides is 2. The zero-order chi connectivity index (χ0) is 31.1. The normalized spacial score (nSPS) is 15.1. The van der Waals surface area contributed by atoms with Gasteiger partial charge in [0.25, 0.3) is 10.0 Å². The lowest BCUT2D eigenvalue weighted by molar-refractivity contribution is -0.137. The van der Waals surface area contributed by atoms with Crippen molar-refractivity contribution in [3.05, 3.63) is 90.1 Å². The number of H-pyrrole nitrogens is 1. The second-order valence-electron chi connectivity index (χ2n) is 9.95. The lowest BCUT2D eigenvalue weighted by Crippen LogP contribution is -2.45. The van der Waals surface area contributed by atoms with Crippen LogP contribution in [0.25, 0.3) is 11.0 Å². The first-order chi connectivity index (χ1) is 21.0. The van der Waals surface area contributed by atoms with Gasteiger partial charge >= 0.3 is 12.2 Å². The third-order valence-electron chi connectivity index (χ3n) is 6.95. The summed E-state index contributed by atoms with van der Waals surface area (Å²) in [4.78, 5) is 20.8. The van der Waals surface area contributed by atoms with Gasteiger partial charge in [0.15, 0.2) is 5.65 Å². The molecule has 1 atom stereocenters. The minimum Gasteiger partial charge on any atom is -0.368 e. The Morgan fingerprint density at radius 3 is 2.30 bits per heavy atom. The molecule has 0 fully saturated rings. The number of aromatic nitrogens is 4. The highest BCUT2D eigenvalue weighted by molar-refractivity contribution is 7.92. The minimum absolute atomic E-state index is 0.00911.